The molecule has 0 fully saturated rings. The lowest BCUT2D eigenvalue weighted by Gasteiger charge is -2.18. The van der Waals surface area contributed by atoms with E-state index in [9.17, 15) is 24.9 Å². The van der Waals surface area contributed by atoms with E-state index in [2.05, 4.69) is 0 Å². The predicted octanol–water partition coefficient (Wildman–Crippen LogP) is 4.72. The molecule has 3 N–H and O–H groups in total. The molecule has 32 heavy (non-hydrogen) atoms. The van der Waals surface area contributed by atoms with Gasteiger partial charge in [-0.05, 0) is 42.5 Å². The van der Waals surface area contributed by atoms with E-state index >= 15 is 0 Å². The second kappa shape index (κ2) is 11.3. The van der Waals surface area contributed by atoms with E-state index in [-0.39, 0.29) is 34.1 Å². The largest absolute Gasteiger partial charge is 0.508 e. The van der Waals surface area contributed by atoms with E-state index in [1.165, 1.54) is 32.4 Å². The van der Waals surface area contributed by atoms with E-state index in [4.69, 9.17) is 14.2 Å². The molecule has 8 nitrogen and oxygen atoms in total. The van der Waals surface area contributed by atoms with E-state index in [1.807, 2.05) is 13.8 Å². The molecule has 2 aromatic carbocycles. The summed E-state index contributed by atoms with van der Waals surface area (Å²) in [5, 5.41) is 30.4. The third-order valence-electron chi connectivity index (χ3n) is 5.09. The number of rotatable bonds is 11. The number of carboxylic acid groups (broad SMARTS) is 1. The van der Waals surface area contributed by atoms with Gasteiger partial charge in [0.25, 0.3) is 0 Å². The maximum atomic E-state index is 13.1. The standard InChI is InChI=1S/C24H30O8/c1-5-7-8-10-15-12-18(31-4)22(21(26)20(15)23(27)28)32-24(29)19-14(9-6-2)11-16(25)13-17(19)30-3/h11-13,25-26H,5-10H2,1-4H3,(H,27,28). The molecule has 174 valence electrons. The van der Waals surface area contributed by atoms with Gasteiger partial charge in [0, 0.05) is 6.07 Å². The van der Waals surface area contributed by atoms with Crippen LogP contribution in [0.4, 0.5) is 0 Å². The van der Waals surface area contributed by atoms with Crippen LogP contribution in [0.2, 0.25) is 0 Å². The molecule has 0 saturated heterocycles. The quantitative estimate of drug-likeness (QED) is 0.257. The number of unbranched alkanes of at least 4 members (excludes halogenated alkanes) is 2. The molecule has 2 rings (SSSR count). The first kappa shape index (κ1) is 24.8. The van der Waals surface area contributed by atoms with Crippen LogP contribution in [0.25, 0.3) is 0 Å². The molecule has 0 atom stereocenters. The molecule has 0 heterocycles. The van der Waals surface area contributed by atoms with Crippen molar-refractivity contribution in [3.8, 4) is 28.7 Å². The zero-order valence-electron chi connectivity index (χ0n) is 18.9. The van der Waals surface area contributed by atoms with E-state index < -0.39 is 17.7 Å². The summed E-state index contributed by atoms with van der Waals surface area (Å²) in [7, 11) is 2.69. The van der Waals surface area contributed by atoms with Gasteiger partial charge in [-0.15, -0.1) is 0 Å². The van der Waals surface area contributed by atoms with Crippen LogP contribution in [-0.4, -0.2) is 41.5 Å². The lowest BCUT2D eigenvalue weighted by molar-refractivity contribution is 0.0676. The first-order chi connectivity index (χ1) is 15.3. The van der Waals surface area contributed by atoms with Crippen LogP contribution < -0.4 is 14.2 Å². The summed E-state index contributed by atoms with van der Waals surface area (Å²) in [4.78, 5) is 25.0. The van der Waals surface area contributed by atoms with Crippen molar-refractivity contribution in [2.45, 2.75) is 52.4 Å². The van der Waals surface area contributed by atoms with Crippen molar-refractivity contribution in [3.63, 3.8) is 0 Å². The van der Waals surface area contributed by atoms with E-state index in [0.717, 1.165) is 19.3 Å². The van der Waals surface area contributed by atoms with E-state index in [1.54, 1.807) is 0 Å². The summed E-state index contributed by atoms with van der Waals surface area (Å²) in [5.41, 5.74) is 0.657. The molecular formula is C24H30O8. The zero-order valence-corrected chi connectivity index (χ0v) is 18.9. The topological polar surface area (TPSA) is 123 Å². The second-order valence-corrected chi connectivity index (χ2v) is 7.37. The maximum absolute atomic E-state index is 13.1. The van der Waals surface area contributed by atoms with Gasteiger partial charge in [0.2, 0.25) is 5.75 Å². The van der Waals surface area contributed by atoms with Crippen molar-refractivity contribution < 1.29 is 39.1 Å². The normalized spacial score (nSPS) is 10.6. The van der Waals surface area contributed by atoms with Crippen molar-refractivity contribution in [1.29, 1.82) is 0 Å². The fourth-order valence-corrected chi connectivity index (χ4v) is 3.59. The average Bonchev–Trinajstić information content (AvgIpc) is 2.74. The Bertz CT molecular complexity index is 981. The van der Waals surface area contributed by atoms with Crippen LogP contribution >= 0.6 is 0 Å². The van der Waals surface area contributed by atoms with Crippen LogP contribution in [-0.2, 0) is 12.8 Å². The molecule has 0 aliphatic carbocycles. The summed E-state index contributed by atoms with van der Waals surface area (Å²) in [5.74, 6) is -3.17. The average molecular weight is 446 g/mol. The number of ether oxygens (including phenoxy) is 3. The predicted molar refractivity (Wildman–Crippen MR) is 118 cm³/mol. The maximum Gasteiger partial charge on any atom is 0.347 e. The number of carboxylic acids is 1. The number of methoxy groups -OCH3 is 2. The molecule has 0 radical (unpaired) electrons. The van der Waals surface area contributed by atoms with Crippen molar-refractivity contribution in [3.05, 3.63) is 40.5 Å². The Balaban J connectivity index is 2.56. The Morgan fingerprint density at radius 2 is 1.50 bits per heavy atom. The Labute approximate surface area is 187 Å². The Morgan fingerprint density at radius 1 is 0.844 bits per heavy atom. The number of benzene rings is 2. The summed E-state index contributed by atoms with van der Waals surface area (Å²) < 4.78 is 16.0. The number of carbonyl (C=O) groups is 2. The second-order valence-electron chi connectivity index (χ2n) is 7.37. The van der Waals surface area contributed by atoms with Crippen LogP contribution in [0, 0.1) is 0 Å². The highest BCUT2D eigenvalue weighted by molar-refractivity contribution is 5.98. The number of hydrogen-bond acceptors (Lipinski definition) is 7. The minimum absolute atomic E-state index is 0.0436. The van der Waals surface area contributed by atoms with E-state index in [0.29, 0.717) is 30.4 Å². The van der Waals surface area contributed by atoms with Gasteiger partial charge in [-0.1, -0.05) is 33.1 Å². The van der Waals surface area contributed by atoms with Crippen molar-refractivity contribution >= 4 is 11.9 Å². The van der Waals surface area contributed by atoms with Gasteiger partial charge >= 0.3 is 11.9 Å². The Kier molecular flexibility index (Phi) is 8.75. The highest BCUT2D eigenvalue weighted by Gasteiger charge is 2.28. The van der Waals surface area contributed by atoms with Crippen LogP contribution in [0.15, 0.2) is 18.2 Å². The first-order valence-corrected chi connectivity index (χ1v) is 10.6. The van der Waals surface area contributed by atoms with Gasteiger partial charge in [0.05, 0.1) is 14.2 Å². The minimum atomic E-state index is -1.33. The number of aromatic hydroxyl groups is 2. The summed E-state index contributed by atoms with van der Waals surface area (Å²) in [6.45, 7) is 3.94. The molecule has 8 heteroatoms. The van der Waals surface area contributed by atoms with Gasteiger partial charge in [-0.25, -0.2) is 9.59 Å². The molecule has 0 amide bonds. The van der Waals surface area contributed by atoms with Gasteiger partial charge in [-0.2, -0.15) is 0 Å². The molecule has 2 aromatic rings. The summed E-state index contributed by atoms with van der Waals surface area (Å²) >= 11 is 0. The van der Waals surface area contributed by atoms with Gasteiger partial charge in [0.1, 0.15) is 22.6 Å². The van der Waals surface area contributed by atoms with Crippen LogP contribution in [0.3, 0.4) is 0 Å². The Hall–Kier alpha value is -3.42. The van der Waals surface area contributed by atoms with Crippen molar-refractivity contribution in [1.82, 2.24) is 0 Å². The van der Waals surface area contributed by atoms with Crippen LogP contribution in [0.1, 0.15) is 71.4 Å². The zero-order chi connectivity index (χ0) is 23.8. The molecule has 0 aliphatic heterocycles. The number of phenolic OH excluding ortho intramolecular Hbond substituents is 1. The monoisotopic (exact) mass is 446 g/mol. The minimum Gasteiger partial charge on any atom is -0.508 e. The first-order valence-electron chi connectivity index (χ1n) is 10.6. The van der Waals surface area contributed by atoms with Gasteiger partial charge < -0.3 is 29.5 Å². The summed E-state index contributed by atoms with van der Waals surface area (Å²) in [6.07, 6.45) is 4.19. The molecule has 0 bridgehead atoms. The third kappa shape index (κ3) is 5.43. The summed E-state index contributed by atoms with van der Waals surface area (Å²) in [6, 6.07) is 4.20. The molecule has 0 aliphatic rings. The number of phenols is 2. The lowest BCUT2D eigenvalue weighted by Crippen LogP contribution is -2.15. The SMILES string of the molecule is CCCCCc1cc(OC)c(OC(=O)c2c(CCC)cc(O)cc2OC)c(O)c1C(=O)O. The smallest absolute Gasteiger partial charge is 0.347 e. The molecule has 0 aromatic heterocycles. The number of hydrogen-bond donors (Lipinski definition) is 3. The number of esters is 1. The third-order valence-corrected chi connectivity index (χ3v) is 5.09. The van der Waals surface area contributed by atoms with Crippen molar-refractivity contribution in [2.75, 3.05) is 14.2 Å². The Morgan fingerprint density at radius 3 is 2.06 bits per heavy atom. The highest BCUT2D eigenvalue weighted by Crippen LogP contribution is 2.43. The van der Waals surface area contributed by atoms with Crippen LogP contribution in [0.5, 0.6) is 28.7 Å². The molecular weight excluding hydrogens is 416 g/mol. The molecule has 0 saturated carbocycles. The highest BCUT2D eigenvalue weighted by atomic mass is 16.6. The van der Waals surface area contributed by atoms with Gasteiger partial charge in [-0.3, -0.25) is 0 Å². The lowest BCUT2D eigenvalue weighted by atomic mass is 9.99. The molecule has 0 spiro atoms. The fourth-order valence-electron chi connectivity index (χ4n) is 3.59. The molecule has 0 unspecified atom stereocenters. The number of aryl methyl sites for hydroxylation is 2. The fraction of sp³-hybridized carbons (Fsp3) is 0.417. The van der Waals surface area contributed by atoms with Crippen molar-refractivity contribution in [2.24, 2.45) is 0 Å². The van der Waals surface area contributed by atoms with Gasteiger partial charge in [0.15, 0.2) is 11.5 Å². The number of carbonyl (C=O) groups excluding carboxylic acids is 1. The number of aromatic carboxylic acids is 1.